The molecule has 1 aromatic rings. The number of benzene rings is 1. The van der Waals surface area contributed by atoms with E-state index in [1.54, 1.807) is 0 Å². The van der Waals surface area contributed by atoms with Gasteiger partial charge in [-0.3, -0.25) is 0 Å². The maximum Gasteiger partial charge on any atom is 0.0926 e. The summed E-state index contributed by atoms with van der Waals surface area (Å²) in [5.41, 5.74) is 1.23. The Balaban J connectivity index is 2.31. The van der Waals surface area contributed by atoms with Crippen LogP contribution in [0.25, 0.3) is 0 Å². The van der Waals surface area contributed by atoms with Gasteiger partial charge >= 0.3 is 0 Å². The molecule has 0 radical (unpaired) electrons. The van der Waals surface area contributed by atoms with E-state index in [1.165, 1.54) is 5.56 Å². The number of aliphatic hydroxyl groups is 1. The number of aliphatic hydroxyl groups excluding tert-OH is 1. The molecule has 0 aliphatic heterocycles. The fraction of sp³-hybridized carbons (Fsp3) is 0.625. The molecule has 0 aliphatic rings. The van der Waals surface area contributed by atoms with Crippen molar-refractivity contribution in [3.63, 3.8) is 0 Å². The number of ether oxygens (including phenoxy) is 1. The molecule has 1 aromatic carbocycles. The van der Waals surface area contributed by atoms with Crippen LogP contribution in [0.1, 0.15) is 32.8 Å². The zero-order chi connectivity index (χ0) is 14.1. The molecule has 0 amide bonds. The number of rotatable bonds is 9. The van der Waals surface area contributed by atoms with E-state index in [1.807, 2.05) is 18.2 Å². The van der Waals surface area contributed by atoms with E-state index in [4.69, 9.17) is 4.74 Å². The highest BCUT2D eigenvalue weighted by molar-refractivity contribution is 5.14. The molecule has 0 fully saturated rings. The first-order chi connectivity index (χ1) is 9.13. The second kappa shape index (κ2) is 9.08. The highest BCUT2D eigenvalue weighted by atomic mass is 16.5. The van der Waals surface area contributed by atoms with Crippen molar-refractivity contribution in [2.24, 2.45) is 5.92 Å². The second-order valence-corrected chi connectivity index (χ2v) is 5.38. The summed E-state index contributed by atoms with van der Waals surface area (Å²) < 4.78 is 5.50. The Morgan fingerprint density at radius 1 is 1.16 bits per heavy atom. The lowest BCUT2D eigenvalue weighted by Gasteiger charge is -2.23. The fourth-order valence-corrected chi connectivity index (χ4v) is 1.94. The van der Waals surface area contributed by atoms with E-state index in [0.29, 0.717) is 19.1 Å². The molecule has 108 valence electrons. The lowest BCUT2D eigenvalue weighted by molar-refractivity contribution is 0.00639. The SMILES string of the molecule is CCC(NCc1ccccc1)C(O)COCC(C)C. The first kappa shape index (κ1) is 16.2. The fourth-order valence-electron chi connectivity index (χ4n) is 1.94. The monoisotopic (exact) mass is 265 g/mol. The third-order valence-corrected chi connectivity index (χ3v) is 3.06. The molecule has 2 unspecified atom stereocenters. The average Bonchev–Trinajstić information content (AvgIpc) is 2.40. The molecule has 0 aliphatic carbocycles. The third-order valence-electron chi connectivity index (χ3n) is 3.06. The predicted octanol–water partition coefficient (Wildman–Crippen LogP) is 2.59. The van der Waals surface area contributed by atoms with Gasteiger partial charge < -0.3 is 15.2 Å². The summed E-state index contributed by atoms with van der Waals surface area (Å²) in [5.74, 6) is 0.504. The van der Waals surface area contributed by atoms with E-state index in [2.05, 4.69) is 38.2 Å². The van der Waals surface area contributed by atoms with Crippen LogP contribution in [-0.2, 0) is 11.3 Å². The van der Waals surface area contributed by atoms with E-state index >= 15 is 0 Å². The maximum atomic E-state index is 10.1. The summed E-state index contributed by atoms with van der Waals surface area (Å²) in [5, 5.41) is 13.5. The quantitative estimate of drug-likeness (QED) is 0.721. The van der Waals surface area contributed by atoms with Crippen LogP contribution in [0.5, 0.6) is 0 Å². The minimum Gasteiger partial charge on any atom is -0.389 e. The van der Waals surface area contributed by atoms with Crippen molar-refractivity contribution in [3.8, 4) is 0 Å². The lowest BCUT2D eigenvalue weighted by atomic mass is 10.1. The summed E-state index contributed by atoms with van der Waals surface area (Å²) in [4.78, 5) is 0. The molecule has 0 heterocycles. The molecule has 3 heteroatoms. The summed E-state index contributed by atoms with van der Waals surface area (Å²) in [6.07, 6.45) is 0.437. The van der Waals surface area contributed by atoms with E-state index < -0.39 is 6.10 Å². The first-order valence-electron chi connectivity index (χ1n) is 7.16. The van der Waals surface area contributed by atoms with Crippen molar-refractivity contribution in [2.45, 2.75) is 45.9 Å². The Labute approximate surface area is 117 Å². The number of hydrogen-bond donors (Lipinski definition) is 2. The molecule has 1 rings (SSSR count). The summed E-state index contributed by atoms with van der Waals surface area (Å²) in [6.45, 7) is 8.17. The van der Waals surface area contributed by atoms with Crippen LogP contribution >= 0.6 is 0 Å². The van der Waals surface area contributed by atoms with Crippen LogP contribution in [0.4, 0.5) is 0 Å². The zero-order valence-electron chi connectivity index (χ0n) is 12.3. The van der Waals surface area contributed by atoms with Gasteiger partial charge in [-0.15, -0.1) is 0 Å². The molecule has 2 atom stereocenters. The Morgan fingerprint density at radius 2 is 1.84 bits per heavy atom. The second-order valence-electron chi connectivity index (χ2n) is 5.38. The van der Waals surface area contributed by atoms with Crippen LogP contribution in [0, 0.1) is 5.92 Å². The first-order valence-corrected chi connectivity index (χ1v) is 7.16. The summed E-state index contributed by atoms with van der Waals surface area (Å²) >= 11 is 0. The standard InChI is InChI=1S/C16H27NO2/c1-4-15(16(18)12-19-11-13(2)3)17-10-14-8-6-5-7-9-14/h5-9,13,15-18H,4,10-12H2,1-3H3. The van der Waals surface area contributed by atoms with Gasteiger partial charge in [0.25, 0.3) is 0 Å². The van der Waals surface area contributed by atoms with Crippen LogP contribution < -0.4 is 5.32 Å². The van der Waals surface area contributed by atoms with Crippen molar-refractivity contribution >= 4 is 0 Å². The average molecular weight is 265 g/mol. The van der Waals surface area contributed by atoms with Gasteiger partial charge in [-0.1, -0.05) is 51.1 Å². The van der Waals surface area contributed by atoms with Crippen molar-refractivity contribution in [2.75, 3.05) is 13.2 Å². The number of hydrogen-bond acceptors (Lipinski definition) is 3. The Kier molecular flexibility index (Phi) is 7.72. The Morgan fingerprint density at radius 3 is 2.42 bits per heavy atom. The van der Waals surface area contributed by atoms with Crippen LogP contribution in [-0.4, -0.2) is 30.5 Å². The topological polar surface area (TPSA) is 41.5 Å². The smallest absolute Gasteiger partial charge is 0.0926 e. The van der Waals surface area contributed by atoms with Gasteiger partial charge in [-0.05, 0) is 17.9 Å². The summed E-state index contributed by atoms with van der Waals surface area (Å²) in [6, 6.07) is 10.3. The maximum absolute atomic E-state index is 10.1. The summed E-state index contributed by atoms with van der Waals surface area (Å²) in [7, 11) is 0. The number of nitrogens with one attached hydrogen (secondary N) is 1. The molecule has 2 N–H and O–H groups in total. The van der Waals surface area contributed by atoms with Crippen molar-refractivity contribution in [1.82, 2.24) is 5.32 Å². The van der Waals surface area contributed by atoms with Crippen LogP contribution in [0.3, 0.4) is 0 Å². The molecule has 3 nitrogen and oxygen atoms in total. The highest BCUT2D eigenvalue weighted by Crippen LogP contribution is 2.04. The van der Waals surface area contributed by atoms with E-state index in [-0.39, 0.29) is 6.04 Å². The third kappa shape index (κ3) is 6.71. The largest absolute Gasteiger partial charge is 0.389 e. The van der Waals surface area contributed by atoms with Gasteiger partial charge in [0.2, 0.25) is 0 Å². The molecule has 0 saturated carbocycles. The molecule has 0 saturated heterocycles. The molecule has 0 spiro atoms. The van der Waals surface area contributed by atoms with E-state index in [9.17, 15) is 5.11 Å². The molecule has 0 aromatic heterocycles. The van der Waals surface area contributed by atoms with Crippen molar-refractivity contribution in [1.29, 1.82) is 0 Å². The van der Waals surface area contributed by atoms with Crippen molar-refractivity contribution in [3.05, 3.63) is 35.9 Å². The Bertz CT molecular complexity index is 327. The van der Waals surface area contributed by atoms with Crippen LogP contribution in [0.15, 0.2) is 30.3 Å². The Hall–Kier alpha value is -0.900. The normalized spacial score (nSPS) is 14.6. The van der Waals surface area contributed by atoms with Gasteiger partial charge in [0.1, 0.15) is 0 Å². The minimum absolute atomic E-state index is 0.0763. The van der Waals surface area contributed by atoms with Gasteiger partial charge in [0, 0.05) is 19.2 Å². The molecule has 0 bridgehead atoms. The predicted molar refractivity (Wildman–Crippen MR) is 79.0 cm³/mol. The zero-order valence-corrected chi connectivity index (χ0v) is 12.3. The van der Waals surface area contributed by atoms with Gasteiger partial charge in [-0.2, -0.15) is 0 Å². The van der Waals surface area contributed by atoms with E-state index in [0.717, 1.165) is 13.0 Å². The highest BCUT2D eigenvalue weighted by Gasteiger charge is 2.17. The van der Waals surface area contributed by atoms with Gasteiger partial charge in [-0.25, -0.2) is 0 Å². The van der Waals surface area contributed by atoms with Crippen molar-refractivity contribution < 1.29 is 9.84 Å². The van der Waals surface area contributed by atoms with Crippen LogP contribution in [0.2, 0.25) is 0 Å². The molecular weight excluding hydrogens is 238 g/mol. The van der Waals surface area contributed by atoms with Gasteiger partial charge in [0.05, 0.1) is 12.7 Å². The molecular formula is C16H27NO2. The lowest BCUT2D eigenvalue weighted by Crippen LogP contribution is -2.41. The van der Waals surface area contributed by atoms with Gasteiger partial charge in [0.15, 0.2) is 0 Å². The minimum atomic E-state index is -0.451. The molecule has 19 heavy (non-hydrogen) atoms.